The Morgan fingerprint density at radius 2 is 1.05 bits per heavy atom. The highest BCUT2D eigenvalue weighted by Gasteiger charge is 2.33. The molecule has 0 radical (unpaired) electrons. The van der Waals surface area contributed by atoms with Crippen LogP contribution in [0, 0.1) is 0 Å². The minimum Gasteiger partial charge on any atom is -0.434 e. The normalized spacial score (nSPS) is 28.5. The summed E-state index contributed by atoms with van der Waals surface area (Å²) >= 11 is 0. The van der Waals surface area contributed by atoms with Crippen LogP contribution in [-0.2, 0) is 32.5 Å². The first-order valence-electron chi connectivity index (χ1n) is 14.2. The van der Waals surface area contributed by atoms with Gasteiger partial charge in [0.05, 0.1) is 26.4 Å². The Bertz CT molecular complexity index is 614. The lowest BCUT2D eigenvalue weighted by Gasteiger charge is -2.28. The minimum absolute atomic E-state index is 0.0831. The summed E-state index contributed by atoms with van der Waals surface area (Å²) in [6.45, 7) is 10.1. The van der Waals surface area contributed by atoms with Crippen LogP contribution in [0.2, 0.25) is 37.3 Å². The molecule has 11 heteroatoms. The van der Waals surface area contributed by atoms with Crippen LogP contribution in [0.1, 0.15) is 65.2 Å². The van der Waals surface area contributed by atoms with Crippen molar-refractivity contribution < 1.29 is 42.1 Å². The van der Waals surface area contributed by atoms with Crippen LogP contribution in [0.3, 0.4) is 0 Å². The number of rotatable bonds is 14. The first-order chi connectivity index (χ1) is 17.7. The summed E-state index contributed by atoms with van der Waals surface area (Å²) < 4.78 is 38.3. The molecule has 0 bridgehead atoms. The molecular weight excluding hydrogens is 512 g/mol. The summed E-state index contributed by atoms with van der Waals surface area (Å²) in [5.74, 6) is 0. The Morgan fingerprint density at radius 3 is 1.49 bits per heavy atom. The second-order valence-electron chi connectivity index (χ2n) is 11.0. The predicted octanol–water partition coefficient (Wildman–Crippen LogP) is 6.42. The molecule has 2 aliphatic heterocycles. The molecule has 4 atom stereocenters. The fraction of sp³-hybridized carbons (Fsp3) is 0.923. The van der Waals surface area contributed by atoms with E-state index in [2.05, 4.69) is 26.9 Å². The molecule has 0 aromatic carbocycles. The largest absolute Gasteiger partial charge is 0.508 e. The fourth-order valence-corrected chi connectivity index (χ4v) is 12.1. The molecule has 0 N–H and O–H groups in total. The van der Waals surface area contributed by atoms with Crippen LogP contribution in [0.15, 0.2) is 0 Å². The van der Waals surface area contributed by atoms with Crippen LogP contribution >= 0.6 is 0 Å². The summed E-state index contributed by atoms with van der Waals surface area (Å²) in [5, 5.41) is 0. The van der Waals surface area contributed by atoms with E-state index in [0.29, 0.717) is 25.4 Å². The van der Waals surface area contributed by atoms with Crippen LogP contribution in [-0.4, -0.2) is 80.8 Å². The zero-order valence-electron chi connectivity index (χ0n) is 23.6. The average Bonchev–Trinajstić information content (AvgIpc) is 3.12. The van der Waals surface area contributed by atoms with Crippen molar-refractivity contribution in [2.24, 2.45) is 0 Å². The summed E-state index contributed by atoms with van der Waals surface area (Å²) in [4.78, 5) is 23.5. The average molecular weight is 563 g/mol. The Kier molecular flexibility index (Phi) is 15.1. The van der Waals surface area contributed by atoms with Crippen molar-refractivity contribution in [1.82, 2.24) is 0 Å². The van der Waals surface area contributed by atoms with E-state index in [9.17, 15) is 9.59 Å². The molecule has 0 saturated carbocycles. The second kappa shape index (κ2) is 17.4. The van der Waals surface area contributed by atoms with E-state index in [4.69, 9.17) is 32.5 Å². The van der Waals surface area contributed by atoms with Gasteiger partial charge in [0.25, 0.3) is 0 Å². The SMILES string of the molecule is CC1CCCC[Si](C)(CCCOC(=O)OCCOCCOC(=O)OCCC[Si]2(C)CCCCC(C)O2)O1. The number of hydrogen-bond acceptors (Lipinski definition) is 9. The highest BCUT2D eigenvalue weighted by Crippen LogP contribution is 2.30. The Morgan fingerprint density at radius 1 is 0.649 bits per heavy atom. The molecule has 2 aliphatic rings. The second-order valence-corrected chi connectivity index (χ2v) is 19.2. The molecule has 216 valence electrons. The molecule has 2 fully saturated rings. The molecular formula is C26H50O9Si2. The maximum atomic E-state index is 11.7. The van der Waals surface area contributed by atoms with Crippen molar-refractivity contribution in [3.8, 4) is 0 Å². The lowest BCUT2D eigenvalue weighted by molar-refractivity contribution is 0.00609. The maximum absolute atomic E-state index is 11.7. The van der Waals surface area contributed by atoms with E-state index in [1.165, 1.54) is 37.8 Å². The van der Waals surface area contributed by atoms with Crippen molar-refractivity contribution in [1.29, 1.82) is 0 Å². The molecule has 9 nitrogen and oxygen atoms in total. The highest BCUT2D eigenvalue weighted by molar-refractivity contribution is 6.73. The van der Waals surface area contributed by atoms with Gasteiger partial charge in [-0.2, -0.15) is 0 Å². The Hall–Kier alpha value is -1.15. The third kappa shape index (κ3) is 14.5. The molecule has 2 heterocycles. The Balaban J connectivity index is 1.39. The number of ether oxygens (including phenoxy) is 5. The first-order valence-corrected chi connectivity index (χ1v) is 19.9. The smallest absolute Gasteiger partial charge is 0.434 e. The third-order valence-electron chi connectivity index (χ3n) is 7.14. The molecule has 0 aromatic rings. The van der Waals surface area contributed by atoms with E-state index in [1.54, 1.807) is 0 Å². The molecule has 0 aliphatic carbocycles. The van der Waals surface area contributed by atoms with Crippen molar-refractivity contribution in [3.05, 3.63) is 0 Å². The summed E-state index contributed by atoms with van der Waals surface area (Å²) in [7, 11) is -3.40. The third-order valence-corrected chi connectivity index (χ3v) is 14.7. The monoisotopic (exact) mass is 562 g/mol. The van der Waals surface area contributed by atoms with Gasteiger partial charge < -0.3 is 32.5 Å². The summed E-state index contributed by atoms with van der Waals surface area (Å²) in [5.41, 5.74) is 0. The topological polar surface area (TPSA) is 98.8 Å². The lowest BCUT2D eigenvalue weighted by Crippen LogP contribution is -2.36. The van der Waals surface area contributed by atoms with Gasteiger partial charge in [0.2, 0.25) is 0 Å². The van der Waals surface area contributed by atoms with E-state index in [0.717, 1.165) is 37.8 Å². The van der Waals surface area contributed by atoms with Gasteiger partial charge in [-0.1, -0.05) is 25.7 Å². The maximum Gasteiger partial charge on any atom is 0.508 e. The molecule has 2 saturated heterocycles. The quantitative estimate of drug-likeness (QED) is 0.135. The molecule has 2 rings (SSSR count). The van der Waals surface area contributed by atoms with Gasteiger partial charge >= 0.3 is 12.3 Å². The van der Waals surface area contributed by atoms with Gasteiger partial charge in [-0.25, -0.2) is 9.59 Å². The molecule has 4 unspecified atom stereocenters. The number of hydrogen-bond donors (Lipinski definition) is 0. The summed E-state index contributed by atoms with van der Waals surface area (Å²) in [6.07, 6.45) is 8.11. The zero-order valence-corrected chi connectivity index (χ0v) is 25.6. The van der Waals surface area contributed by atoms with E-state index >= 15 is 0 Å². The first kappa shape index (κ1) is 32.1. The molecule has 0 spiro atoms. The van der Waals surface area contributed by atoms with E-state index in [-0.39, 0.29) is 26.4 Å². The zero-order chi connectivity index (χ0) is 27.0. The predicted molar refractivity (Wildman–Crippen MR) is 146 cm³/mol. The van der Waals surface area contributed by atoms with Gasteiger partial charge in [-0.15, -0.1) is 0 Å². The highest BCUT2D eigenvalue weighted by atomic mass is 28.4. The van der Waals surface area contributed by atoms with Gasteiger partial charge in [0, 0.05) is 12.2 Å². The molecule has 37 heavy (non-hydrogen) atoms. The van der Waals surface area contributed by atoms with Crippen molar-refractivity contribution in [2.75, 3.05) is 39.6 Å². The van der Waals surface area contributed by atoms with E-state index in [1.807, 2.05) is 0 Å². The standard InChI is InChI=1S/C26H50O9Si2/c1-23-11-5-7-19-36(3,34-23)21-9-13-30-25(27)32-17-15-29-16-18-33-26(28)31-14-10-22-37(4)20-8-6-12-24(2)35-37/h23-24H,5-22H2,1-4H3. The Labute approximate surface area is 225 Å². The lowest BCUT2D eigenvalue weighted by atomic mass is 10.2. The molecule has 0 amide bonds. The number of carbonyl (C=O) groups excluding carboxylic acids is 2. The van der Waals surface area contributed by atoms with Crippen LogP contribution in [0.4, 0.5) is 9.59 Å². The van der Waals surface area contributed by atoms with E-state index < -0.39 is 28.9 Å². The van der Waals surface area contributed by atoms with Crippen molar-refractivity contribution >= 4 is 28.9 Å². The number of carbonyl (C=O) groups is 2. The van der Waals surface area contributed by atoms with Crippen molar-refractivity contribution in [3.63, 3.8) is 0 Å². The van der Waals surface area contributed by atoms with Crippen molar-refractivity contribution in [2.45, 2.75) is 115 Å². The van der Waals surface area contributed by atoms with Crippen LogP contribution in [0.5, 0.6) is 0 Å². The van der Waals surface area contributed by atoms with Crippen LogP contribution < -0.4 is 0 Å². The minimum atomic E-state index is -1.70. The fourth-order valence-electron chi connectivity index (χ4n) is 5.19. The van der Waals surface area contributed by atoms with Gasteiger partial charge in [-0.3, -0.25) is 0 Å². The van der Waals surface area contributed by atoms with Gasteiger partial charge in [0.15, 0.2) is 16.6 Å². The summed E-state index contributed by atoms with van der Waals surface area (Å²) in [6, 6.07) is 4.34. The molecule has 0 aromatic heterocycles. The van der Waals surface area contributed by atoms with Gasteiger partial charge in [0.1, 0.15) is 13.2 Å². The van der Waals surface area contributed by atoms with Crippen LogP contribution in [0.25, 0.3) is 0 Å². The van der Waals surface area contributed by atoms with Gasteiger partial charge in [-0.05, 0) is 76.8 Å².